The number of amides is 1. The van der Waals surface area contributed by atoms with Crippen molar-refractivity contribution >= 4 is 15.9 Å². The number of carbonyl (C=O) groups excluding carboxylic acids is 1. The number of pyridine rings is 1. The lowest BCUT2D eigenvalue weighted by Crippen LogP contribution is -2.55. The first-order chi connectivity index (χ1) is 12.9. The fourth-order valence-corrected chi connectivity index (χ4v) is 4.72. The average Bonchev–Trinajstić information content (AvgIpc) is 2.67. The highest BCUT2D eigenvalue weighted by molar-refractivity contribution is 7.88. The first-order valence-electron chi connectivity index (χ1n) is 8.77. The van der Waals surface area contributed by atoms with E-state index >= 15 is 4.39 Å². The van der Waals surface area contributed by atoms with Crippen LogP contribution in [0.25, 0.3) is 0 Å². The van der Waals surface area contributed by atoms with Gasteiger partial charge in [-0.15, -0.1) is 0 Å². The quantitative estimate of drug-likeness (QED) is 0.817. The first-order valence-corrected chi connectivity index (χ1v) is 10.4. The Morgan fingerprint density at radius 2 is 1.93 bits per heavy atom. The number of aromatic nitrogens is 1. The van der Waals surface area contributed by atoms with Crippen LogP contribution in [0.2, 0.25) is 0 Å². The largest absolute Gasteiger partial charge is 0.349 e. The zero-order valence-corrected chi connectivity index (χ0v) is 15.7. The highest BCUT2D eigenvalue weighted by Gasteiger charge is 2.45. The van der Waals surface area contributed by atoms with E-state index in [1.165, 1.54) is 0 Å². The first kappa shape index (κ1) is 19.4. The fourth-order valence-electron chi connectivity index (χ4n) is 3.12. The fraction of sp³-hybridized carbons (Fsp3) is 0.368. The number of carbonyl (C=O) groups is 1. The van der Waals surface area contributed by atoms with Crippen molar-refractivity contribution in [1.29, 1.82) is 0 Å². The van der Waals surface area contributed by atoms with Crippen LogP contribution in [0.4, 0.5) is 4.39 Å². The molecule has 1 aliphatic rings. The second-order valence-electron chi connectivity index (χ2n) is 6.69. The number of nitrogens with one attached hydrogen (secondary N) is 1. The molecular formula is C19H22FN3O3S. The van der Waals surface area contributed by atoms with Gasteiger partial charge in [-0.2, -0.15) is 4.31 Å². The molecule has 2 aromatic rings. The molecule has 1 N–H and O–H groups in total. The number of rotatable bonds is 6. The molecule has 1 fully saturated rings. The topological polar surface area (TPSA) is 79.4 Å². The molecule has 3 rings (SSSR count). The summed E-state index contributed by atoms with van der Waals surface area (Å²) in [5, 5.41) is 2.56. The molecular weight excluding hydrogens is 369 g/mol. The molecule has 6 nitrogen and oxygen atoms in total. The van der Waals surface area contributed by atoms with E-state index in [1.54, 1.807) is 54.9 Å². The van der Waals surface area contributed by atoms with Gasteiger partial charge in [-0.25, -0.2) is 12.8 Å². The molecule has 1 aromatic carbocycles. The Labute approximate surface area is 158 Å². The summed E-state index contributed by atoms with van der Waals surface area (Å²) in [6.45, 7) is -0.0904. The van der Waals surface area contributed by atoms with Crippen LogP contribution in [-0.2, 0) is 27.1 Å². The third-order valence-corrected chi connectivity index (χ3v) is 6.37. The van der Waals surface area contributed by atoms with Crippen molar-refractivity contribution in [2.45, 2.75) is 30.8 Å². The zero-order chi connectivity index (χ0) is 19.3. The minimum Gasteiger partial charge on any atom is -0.349 e. The van der Waals surface area contributed by atoms with Gasteiger partial charge >= 0.3 is 0 Å². The van der Waals surface area contributed by atoms with Gasteiger partial charge in [-0.1, -0.05) is 36.4 Å². The minimum atomic E-state index is -3.70. The van der Waals surface area contributed by atoms with E-state index in [2.05, 4.69) is 10.3 Å². The lowest BCUT2D eigenvalue weighted by atomic mass is 9.95. The Balaban J connectivity index is 1.65. The summed E-state index contributed by atoms with van der Waals surface area (Å²) in [6, 6.07) is 12.2. The van der Waals surface area contributed by atoms with Gasteiger partial charge in [-0.05, 0) is 30.0 Å². The van der Waals surface area contributed by atoms with Gasteiger partial charge < -0.3 is 5.32 Å². The highest BCUT2D eigenvalue weighted by Crippen LogP contribution is 2.28. The number of benzene rings is 1. The van der Waals surface area contributed by atoms with E-state index in [0.29, 0.717) is 12.0 Å². The van der Waals surface area contributed by atoms with Crippen LogP contribution < -0.4 is 5.32 Å². The summed E-state index contributed by atoms with van der Waals surface area (Å²) in [5.74, 6) is -0.993. The lowest BCUT2D eigenvalue weighted by molar-refractivity contribution is -0.135. The summed E-state index contributed by atoms with van der Waals surface area (Å²) in [6.07, 6.45) is 3.50. The molecule has 1 amide bonds. The van der Waals surface area contributed by atoms with Crippen molar-refractivity contribution in [3.05, 3.63) is 66.0 Å². The second-order valence-corrected chi connectivity index (χ2v) is 8.66. The number of hydrogen-bond acceptors (Lipinski definition) is 4. The summed E-state index contributed by atoms with van der Waals surface area (Å²) < 4.78 is 41.7. The van der Waals surface area contributed by atoms with Crippen molar-refractivity contribution in [2.24, 2.45) is 0 Å². The minimum absolute atomic E-state index is 0.00320. The highest BCUT2D eigenvalue weighted by atomic mass is 32.2. The number of piperidine rings is 1. The molecule has 0 radical (unpaired) electrons. The van der Waals surface area contributed by atoms with E-state index in [1.807, 2.05) is 0 Å². The second kappa shape index (κ2) is 8.14. The van der Waals surface area contributed by atoms with Gasteiger partial charge in [0.15, 0.2) is 0 Å². The van der Waals surface area contributed by atoms with Gasteiger partial charge in [-0.3, -0.25) is 9.78 Å². The average molecular weight is 391 g/mol. The normalized spacial score (nSPS) is 20.9. The van der Waals surface area contributed by atoms with Crippen molar-refractivity contribution in [2.75, 3.05) is 13.1 Å². The number of nitrogens with zero attached hydrogens (tertiary/aromatic N) is 2. The monoisotopic (exact) mass is 391 g/mol. The lowest BCUT2D eigenvalue weighted by Gasteiger charge is -2.35. The standard InChI is InChI=1S/C19H22FN3O3S/c20-19(18(24)22-13-17-8-4-10-21-12-17)9-5-11-23(15-19)27(25,26)14-16-6-2-1-3-7-16/h1-4,6-8,10,12H,5,9,11,13-15H2,(H,22,24). The maximum Gasteiger partial charge on any atom is 0.259 e. The number of hydrogen-bond donors (Lipinski definition) is 1. The van der Waals surface area contributed by atoms with Crippen molar-refractivity contribution < 1.29 is 17.6 Å². The Morgan fingerprint density at radius 1 is 1.19 bits per heavy atom. The molecule has 8 heteroatoms. The Hall–Kier alpha value is -2.32. The molecule has 144 valence electrons. The zero-order valence-electron chi connectivity index (χ0n) is 14.8. The predicted molar refractivity (Wildman–Crippen MR) is 99.8 cm³/mol. The van der Waals surface area contributed by atoms with Crippen LogP contribution >= 0.6 is 0 Å². The van der Waals surface area contributed by atoms with Gasteiger partial charge in [0, 0.05) is 25.5 Å². The molecule has 1 saturated heterocycles. The molecule has 1 unspecified atom stereocenters. The van der Waals surface area contributed by atoms with Crippen LogP contribution in [-0.4, -0.2) is 42.4 Å². The molecule has 1 atom stereocenters. The molecule has 2 heterocycles. The number of sulfonamides is 1. The maximum absolute atomic E-state index is 15.3. The van der Waals surface area contributed by atoms with Gasteiger partial charge in [0.05, 0.1) is 12.3 Å². The van der Waals surface area contributed by atoms with Crippen molar-refractivity contribution in [3.8, 4) is 0 Å². The molecule has 0 bridgehead atoms. The molecule has 1 aliphatic heterocycles. The SMILES string of the molecule is O=C(NCc1cccnc1)C1(F)CCCN(S(=O)(=O)Cc2ccccc2)C1. The Morgan fingerprint density at radius 3 is 2.63 bits per heavy atom. The van der Waals surface area contributed by atoms with E-state index in [0.717, 1.165) is 9.87 Å². The van der Waals surface area contributed by atoms with Crippen molar-refractivity contribution in [1.82, 2.24) is 14.6 Å². The summed E-state index contributed by atoms with van der Waals surface area (Å²) >= 11 is 0. The third kappa shape index (κ3) is 4.90. The summed E-state index contributed by atoms with van der Waals surface area (Å²) in [7, 11) is -3.70. The van der Waals surface area contributed by atoms with Gasteiger partial charge in [0.1, 0.15) is 0 Å². The molecule has 27 heavy (non-hydrogen) atoms. The van der Waals surface area contributed by atoms with E-state index in [-0.39, 0.29) is 25.3 Å². The number of halogens is 1. The van der Waals surface area contributed by atoms with Gasteiger partial charge in [0.25, 0.3) is 5.91 Å². The van der Waals surface area contributed by atoms with E-state index in [9.17, 15) is 13.2 Å². The molecule has 0 saturated carbocycles. The van der Waals surface area contributed by atoms with Crippen LogP contribution in [0.1, 0.15) is 24.0 Å². The number of alkyl halides is 1. The molecule has 0 aliphatic carbocycles. The molecule has 0 spiro atoms. The third-order valence-electron chi connectivity index (χ3n) is 4.58. The van der Waals surface area contributed by atoms with Crippen molar-refractivity contribution in [3.63, 3.8) is 0 Å². The van der Waals surface area contributed by atoms with Crippen LogP contribution in [0.3, 0.4) is 0 Å². The van der Waals surface area contributed by atoms with Crippen LogP contribution in [0, 0.1) is 0 Å². The Bertz CT molecular complexity index is 878. The maximum atomic E-state index is 15.3. The predicted octanol–water partition coefficient (Wildman–Crippen LogP) is 2.03. The van der Waals surface area contributed by atoms with E-state index < -0.39 is 28.1 Å². The van der Waals surface area contributed by atoms with Gasteiger partial charge in [0.2, 0.25) is 15.7 Å². The van der Waals surface area contributed by atoms with Crippen LogP contribution in [0.15, 0.2) is 54.9 Å². The summed E-state index contributed by atoms with van der Waals surface area (Å²) in [5.41, 5.74) is -0.850. The Kier molecular flexibility index (Phi) is 5.86. The smallest absolute Gasteiger partial charge is 0.259 e. The van der Waals surface area contributed by atoms with Crippen LogP contribution in [0.5, 0.6) is 0 Å². The van der Waals surface area contributed by atoms with E-state index in [4.69, 9.17) is 0 Å². The molecule has 1 aromatic heterocycles. The summed E-state index contributed by atoms with van der Waals surface area (Å²) in [4.78, 5) is 16.3.